The molecule has 2 aromatic rings. The van der Waals surface area contributed by atoms with Crippen molar-refractivity contribution in [1.82, 2.24) is 14.9 Å². The minimum atomic E-state index is -4.00. The van der Waals surface area contributed by atoms with Crippen molar-refractivity contribution in [2.45, 2.75) is 25.0 Å². The SMILES string of the molecule is CCOC(=O)c1cn[nH]c1S(=O)(=O)NCCc1ccc(OC(F)F)cc1. The molecule has 0 bridgehead atoms. The van der Waals surface area contributed by atoms with Crippen LogP contribution in [0.1, 0.15) is 22.8 Å². The van der Waals surface area contributed by atoms with Crippen molar-refractivity contribution in [3.8, 4) is 5.75 Å². The number of sulfonamides is 1. The van der Waals surface area contributed by atoms with Crippen LogP contribution in [0.15, 0.2) is 35.5 Å². The summed E-state index contributed by atoms with van der Waals surface area (Å²) in [6.07, 6.45) is 1.38. The highest BCUT2D eigenvalue weighted by molar-refractivity contribution is 7.89. The summed E-state index contributed by atoms with van der Waals surface area (Å²) in [7, 11) is -4.00. The molecular weight excluding hydrogens is 372 g/mol. The summed E-state index contributed by atoms with van der Waals surface area (Å²) < 4.78 is 60.1. The minimum absolute atomic E-state index is 0.0147. The highest BCUT2D eigenvalue weighted by Gasteiger charge is 2.25. The zero-order chi connectivity index (χ0) is 19.2. The highest BCUT2D eigenvalue weighted by Crippen LogP contribution is 2.16. The number of ether oxygens (including phenoxy) is 2. The average Bonchev–Trinajstić information content (AvgIpc) is 3.07. The Morgan fingerprint density at radius 1 is 1.31 bits per heavy atom. The average molecular weight is 389 g/mol. The van der Waals surface area contributed by atoms with Crippen LogP contribution in [0.3, 0.4) is 0 Å². The van der Waals surface area contributed by atoms with Crippen LogP contribution in [0.2, 0.25) is 0 Å². The summed E-state index contributed by atoms with van der Waals surface area (Å²) in [5.41, 5.74) is 0.525. The van der Waals surface area contributed by atoms with E-state index in [1.165, 1.54) is 12.1 Å². The molecule has 0 aliphatic rings. The van der Waals surface area contributed by atoms with Gasteiger partial charge in [-0.3, -0.25) is 5.10 Å². The molecule has 0 atom stereocenters. The van der Waals surface area contributed by atoms with Gasteiger partial charge in [0, 0.05) is 6.54 Å². The fraction of sp³-hybridized carbons (Fsp3) is 0.333. The first-order valence-electron chi connectivity index (χ1n) is 7.57. The highest BCUT2D eigenvalue weighted by atomic mass is 32.2. The first kappa shape index (κ1) is 19.8. The molecule has 142 valence electrons. The van der Waals surface area contributed by atoms with Crippen LogP contribution in [-0.4, -0.2) is 44.3 Å². The zero-order valence-corrected chi connectivity index (χ0v) is 14.6. The van der Waals surface area contributed by atoms with Gasteiger partial charge in [-0.15, -0.1) is 0 Å². The Kier molecular flexibility index (Phi) is 6.64. The number of benzene rings is 1. The summed E-state index contributed by atoms with van der Waals surface area (Å²) in [4.78, 5) is 11.7. The summed E-state index contributed by atoms with van der Waals surface area (Å²) in [6, 6.07) is 5.83. The van der Waals surface area contributed by atoms with Gasteiger partial charge in [0.1, 0.15) is 11.3 Å². The fourth-order valence-corrected chi connectivity index (χ4v) is 3.19. The Labute approximate surface area is 148 Å². The van der Waals surface area contributed by atoms with E-state index in [9.17, 15) is 22.0 Å². The number of alkyl halides is 2. The molecule has 0 amide bonds. The number of esters is 1. The summed E-state index contributed by atoms with van der Waals surface area (Å²) in [6.45, 7) is -1.18. The number of nitrogens with zero attached hydrogens (tertiary/aromatic N) is 1. The van der Waals surface area contributed by atoms with E-state index in [4.69, 9.17) is 4.74 Å². The second-order valence-electron chi connectivity index (χ2n) is 5.00. The molecule has 0 saturated carbocycles. The smallest absolute Gasteiger partial charge is 0.387 e. The van der Waals surface area contributed by atoms with E-state index in [-0.39, 0.29) is 29.5 Å². The molecule has 26 heavy (non-hydrogen) atoms. The van der Waals surface area contributed by atoms with Gasteiger partial charge in [-0.25, -0.2) is 17.9 Å². The standard InChI is InChI=1S/C15H17F2N3O5S/c1-2-24-14(21)12-9-18-20-13(12)26(22,23)19-8-7-10-3-5-11(6-4-10)25-15(16)17/h3-6,9,15,19H,2,7-8H2,1H3,(H,18,20). The molecule has 0 spiro atoms. The molecule has 0 saturated heterocycles. The minimum Gasteiger partial charge on any atom is -0.462 e. The van der Waals surface area contributed by atoms with E-state index in [0.717, 1.165) is 6.20 Å². The number of halogens is 2. The lowest BCUT2D eigenvalue weighted by Crippen LogP contribution is -2.28. The van der Waals surface area contributed by atoms with E-state index in [0.29, 0.717) is 12.0 Å². The quantitative estimate of drug-likeness (QED) is 0.632. The van der Waals surface area contributed by atoms with Crippen molar-refractivity contribution in [2.24, 2.45) is 0 Å². The van der Waals surface area contributed by atoms with E-state index in [2.05, 4.69) is 19.7 Å². The van der Waals surface area contributed by atoms with Gasteiger partial charge in [0.05, 0.1) is 12.8 Å². The van der Waals surface area contributed by atoms with Gasteiger partial charge < -0.3 is 9.47 Å². The van der Waals surface area contributed by atoms with Crippen LogP contribution in [0.4, 0.5) is 8.78 Å². The molecule has 8 nitrogen and oxygen atoms in total. The van der Waals surface area contributed by atoms with Gasteiger partial charge >= 0.3 is 12.6 Å². The van der Waals surface area contributed by atoms with Gasteiger partial charge in [-0.2, -0.15) is 13.9 Å². The molecule has 11 heteroatoms. The molecule has 1 aromatic carbocycles. The zero-order valence-electron chi connectivity index (χ0n) is 13.7. The first-order chi connectivity index (χ1) is 12.3. The van der Waals surface area contributed by atoms with E-state index in [1.54, 1.807) is 19.1 Å². The third kappa shape index (κ3) is 5.23. The Morgan fingerprint density at radius 2 is 2.00 bits per heavy atom. The molecule has 0 aliphatic carbocycles. The lowest BCUT2D eigenvalue weighted by Gasteiger charge is -2.08. The van der Waals surface area contributed by atoms with E-state index >= 15 is 0 Å². The number of aromatic amines is 1. The maximum atomic E-state index is 12.3. The molecule has 0 fully saturated rings. The number of aromatic nitrogens is 2. The van der Waals surface area contributed by atoms with Crippen molar-refractivity contribution in [3.63, 3.8) is 0 Å². The van der Waals surface area contributed by atoms with Crippen LogP contribution in [-0.2, 0) is 21.2 Å². The van der Waals surface area contributed by atoms with Crippen molar-refractivity contribution in [1.29, 1.82) is 0 Å². The molecule has 0 radical (unpaired) electrons. The second-order valence-corrected chi connectivity index (χ2v) is 6.71. The van der Waals surface area contributed by atoms with Crippen LogP contribution >= 0.6 is 0 Å². The normalized spacial score (nSPS) is 11.5. The van der Waals surface area contributed by atoms with Gasteiger partial charge in [0.2, 0.25) is 0 Å². The van der Waals surface area contributed by atoms with Gasteiger partial charge in [-0.1, -0.05) is 12.1 Å². The van der Waals surface area contributed by atoms with Gasteiger partial charge in [-0.05, 0) is 31.0 Å². The Morgan fingerprint density at radius 3 is 2.62 bits per heavy atom. The number of hydrogen-bond donors (Lipinski definition) is 2. The van der Waals surface area contributed by atoms with Crippen molar-refractivity contribution in [2.75, 3.05) is 13.2 Å². The number of carbonyl (C=O) groups is 1. The number of hydrogen-bond acceptors (Lipinski definition) is 6. The third-order valence-corrected chi connectivity index (χ3v) is 4.66. The largest absolute Gasteiger partial charge is 0.462 e. The summed E-state index contributed by atoms with van der Waals surface area (Å²) in [5, 5.41) is 5.46. The number of rotatable bonds is 9. The molecule has 1 aromatic heterocycles. The van der Waals surface area contributed by atoms with E-state index < -0.39 is 22.6 Å². The van der Waals surface area contributed by atoms with Gasteiger partial charge in [0.25, 0.3) is 10.0 Å². The number of nitrogens with one attached hydrogen (secondary N) is 2. The fourth-order valence-electron chi connectivity index (χ4n) is 2.07. The second kappa shape index (κ2) is 8.72. The molecule has 2 N–H and O–H groups in total. The molecule has 0 aliphatic heterocycles. The lowest BCUT2D eigenvalue weighted by atomic mass is 10.1. The third-order valence-electron chi connectivity index (χ3n) is 3.22. The maximum Gasteiger partial charge on any atom is 0.387 e. The monoisotopic (exact) mass is 389 g/mol. The van der Waals surface area contributed by atoms with Gasteiger partial charge in [0.15, 0.2) is 5.03 Å². The van der Waals surface area contributed by atoms with Crippen LogP contribution in [0.25, 0.3) is 0 Å². The number of carbonyl (C=O) groups excluding carboxylic acids is 1. The number of H-pyrrole nitrogens is 1. The van der Waals surface area contributed by atoms with Crippen molar-refractivity contribution < 1.29 is 31.5 Å². The van der Waals surface area contributed by atoms with Crippen LogP contribution < -0.4 is 9.46 Å². The van der Waals surface area contributed by atoms with Crippen LogP contribution in [0.5, 0.6) is 5.75 Å². The van der Waals surface area contributed by atoms with Crippen LogP contribution in [0, 0.1) is 0 Å². The Bertz CT molecular complexity index is 837. The van der Waals surface area contributed by atoms with Crippen molar-refractivity contribution >= 4 is 16.0 Å². The van der Waals surface area contributed by atoms with Crippen molar-refractivity contribution in [3.05, 3.63) is 41.6 Å². The Hall–Kier alpha value is -2.53. The maximum absolute atomic E-state index is 12.3. The molecule has 2 rings (SSSR count). The Balaban J connectivity index is 1.97. The summed E-state index contributed by atoms with van der Waals surface area (Å²) in [5.74, 6) is -0.780. The molecule has 1 heterocycles. The first-order valence-corrected chi connectivity index (χ1v) is 9.05. The summed E-state index contributed by atoms with van der Waals surface area (Å²) >= 11 is 0. The molecule has 0 unspecified atom stereocenters. The lowest BCUT2D eigenvalue weighted by molar-refractivity contribution is -0.0498. The molecular formula is C15H17F2N3O5S. The predicted octanol–water partition coefficient (Wildman–Crippen LogP) is 1.71. The van der Waals surface area contributed by atoms with E-state index in [1.807, 2.05) is 0 Å². The predicted molar refractivity (Wildman–Crippen MR) is 86.5 cm³/mol. The topological polar surface area (TPSA) is 110 Å².